The predicted molar refractivity (Wildman–Crippen MR) is 123 cm³/mol. The Morgan fingerprint density at radius 1 is 1.06 bits per heavy atom. The summed E-state index contributed by atoms with van der Waals surface area (Å²) in [6.45, 7) is 10.4. The lowest BCUT2D eigenvalue weighted by atomic mass is 9.89. The number of benzene rings is 2. The second-order valence-electron chi connectivity index (χ2n) is 8.86. The van der Waals surface area contributed by atoms with Gasteiger partial charge in [-0.15, -0.1) is 10.2 Å². The monoisotopic (exact) mass is 435 g/mol. The molecule has 3 heterocycles. The molecular weight excluding hydrogens is 410 g/mol. The van der Waals surface area contributed by atoms with Gasteiger partial charge in [-0.3, -0.25) is 4.57 Å². The van der Waals surface area contributed by atoms with Crippen LogP contribution in [0.4, 0.5) is 5.69 Å². The van der Waals surface area contributed by atoms with Crippen LogP contribution in [0.25, 0.3) is 27.7 Å². The van der Waals surface area contributed by atoms with Crippen LogP contribution < -0.4 is 5.32 Å². The highest BCUT2D eigenvalue weighted by Crippen LogP contribution is 2.44. The van der Waals surface area contributed by atoms with E-state index in [0.29, 0.717) is 5.52 Å². The second-order valence-corrected chi connectivity index (χ2v) is 10.7. The fourth-order valence-electron chi connectivity index (χ4n) is 4.85. The second kappa shape index (κ2) is 6.20. The van der Waals surface area contributed by atoms with Crippen LogP contribution in [0.15, 0.2) is 36.5 Å². The maximum atomic E-state index is 12.2. The van der Waals surface area contributed by atoms with Gasteiger partial charge in [-0.25, -0.2) is 12.4 Å². The van der Waals surface area contributed by atoms with E-state index in [1.165, 1.54) is 10.2 Å². The third kappa shape index (κ3) is 2.74. The number of fused-ring (bicyclic) bond motifs is 4. The van der Waals surface area contributed by atoms with Crippen molar-refractivity contribution in [2.45, 2.75) is 40.2 Å². The van der Waals surface area contributed by atoms with Gasteiger partial charge >= 0.3 is 0 Å². The van der Waals surface area contributed by atoms with Crippen molar-refractivity contribution in [2.24, 2.45) is 0 Å². The molecule has 7 nitrogen and oxygen atoms in total. The van der Waals surface area contributed by atoms with Crippen LogP contribution in [0.2, 0.25) is 0 Å². The summed E-state index contributed by atoms with van der Waals surface area (Å²) in [4.78, 5) is 0. The fraction of sp³-hybridized carbons (Fsp3) is 0.304. The Morgan fingerprint density at radius 2 is 1.81 bits per heavy atom. The third-order valence-corrected chi connectivity index (χ3v) is 7.15. The number of hydrogen-bond acceptors (Lipinski definition) is 5. The van der Waals surface area contributed by atoms with Crippen LogP contribution in [0, 0.1) is 20.8 Å². The van der Waals surface area contributed by atoms with Gasteiger partial charge in [0.15, 0.2) is 5.82 Å². The molecule has 8 heteroatoms. The standard InChI is InChI=1S/C23H25N5O2S/c1-13-12-18-21(28-15(3)25-26-22(28)23(4,5)24-18)14(2)20(13)17-8-7-9-19-16(17)10-11-27(19)31(6,29)30/h7-12,24H,1-6H3. The molecule has 160 valence electrons. The average molecular weight is 436 g/mol. The van der Waals surface area contributed by atoms with Crippen LogP contribution in [0.3, 0.4) is 0 Å². The molecule has 0 bridgehead atoms. The van der Waals surface area contributed by atoms with Gasteiger partial charge in [0.25, 0.3) is 0 Å². The molecule has 0 atom stereocenters. The number of aryl methyl sites for hydroxylation is 2. The highest BCUT2D eigenvalue weighted by molar-refractivity contribution is 7.89. The zero-order valence-electron chi connectivity index (χ0n) is 18.5. The largest absolute Gasteiger partial charge is 0.371 e. The Hall–Kier alpha value is -3.13. The van der Waals surface area contributed by atoms with Crippen molar-refractivity contribution >= 4 is 26.6 Å². The summed E-state index contributed by atoms with van der Waals surface area (Å²) in [5.74, 6) is 1.71. The topological polar surface area (TPSA) is 81.8 Å². The maximum Gasteiger partial charge on any atom is 0.236 e. The number of hydrogen-bond donors (Lipinski definition) is 1. The van der Waals surface area contributed by atoms with E-state index in [0.717, 1.165) is 50.7 Å². The molecule has 1 aliphatic heterocycles. The Morgan fingerprint density at radius 3 is 2.52 bits per heavy atom. The minimum Gasteiger partial charge on any atom is -0.371 e. The molecule has 5 rings (SSSR count). The summed E-state index contributed by atoms with van der Waals surface area (Å²) in [6, 6.07) is 9.84. The van der Waals surface area contributed by atoms with E-state index in [-0.39, 0.29) is 5.54 Å². The number of rotatable bonds is 2. The van der Waals surface area contributed by atoms with E-state index < -0.39 is 10.0 Å². The van der Waals surface area contributed by atoms with Crippen molar-refractivity contribution in [3.63, 3.8) is 0 Å². The van der Waals surface area contributed by atoms with Gasteiger partial charge in [0, 0.05) is 11.6 Å². The molecular formula is C23H25N5O2S. The lowest BCUT2D eigenvalue weighted by Crippen LogP contribution is -2.36. The molecule has 0 radical (unpaired) electrons. The van der Waals surface area contributed by atoms with Crippen LogP contribution in [0.5, 0.6) is 0 Å². The lowest BCUT2D eigenvalue weighted by molar-refractivity contribution is 0.534. The first kappa shape index (κ1) is 19.8. The van der Waals surface area contributed by atoms with Crippen molar-refractivity contribution in [2.75, 3.05) is 11.6 Å². The molecule has 4 aromatic rings. The highest BCUT2D eigenvalue weighted by atomic mass is 32.2. The van der Waals surface area contributed by atoms with Crippen LogP contribution in [-0.4, -0.2) is 33.4 Å². The van der Waals surface area contributed by atoms with Crippen LogP contribution in [0.1, 0.15) is 36.6 Å². The summed E-state index contributed by atoms with van der Waals surface area (Å²) in [5, 5.41) is 13.3. The average Bonchev–Trinajstić information content (AvgIpc) is 3.26. The molecule has 1 N–H and O–H groups in total. The first-order chi connectivity index (χ1) is 14.5. The summed E-state index contributed by atoms with van der Waals surface area (Å²) in [6.07, 6.45) is 2.84. The molecule has 0 saturated heterocycles. The van der Waals surface area contributed by atoms with Gasteiger partial charge in [-0.2, -0.15) is 0 Å². The third-order valence-electron chi connectivity index (χ3n) is 6.12. The van der Waals surface area contributed by atoms with Gasteiger partial charge in [0.05, 0.1) is 28.7 Å². The van der Waals surface area contributed by atoms with Crippen molar-refractivity contribution in [3.05, 3.63) is 59.3 Å². The summed E-state index contributed by atoms with van der Waals surface area (Å²) in [5.41, 5.74) is 6.73. The Labute approximate surface area is 181 Å². The molecule has 0 spiro atoms. The van der Waals surface area contributed by atoms with E-state index in [9.17, 15) is 8.42 Å². The Balaban J connectivity index is 1.84. The molecule has 0 saturated carbocycles. The molecule has 1 aliphatic rings. The van der Waals surface area contributed by atoms with Gasteiger partial charge in [-0.1, -0.05) is 12.1 Å². The molecule has 31 heavy (non-hydrogen) atoms. The highest BCUT2D eigenvalue weighted by Gasteiger charge is 2.35. The minimum atomic E-state index is -3.38. The van der Waals surface area contributed by atoms with Crippen molar-refractivity contribution in [1.29, 1.82) is 0 Å². The van der Waals surface area contributed by atoms with E-state index >= 15 is 0 Å². The van der Waals surface area contributed by atoms with Crippen LogP contribution in [-0.2, 0) is 15.6 Å². The zero-order valence-corrected chi connectivity index (χ0v) is 19.3. The normalized spacial score (nSPS) is 14.9. The number of anilines is 1. The summed E-state index contributed by atoms with van der Waals surface area (Å²) >= 11 is 0. The fourth-order valence-corrected chi connectivity index (χ4v) is 5.65. The number of nitrogens with one attached hydrogen (secondary N) is 1. The van der Waals surface area contributed by atoms with E-state index in [2.05, 4.69) is 59.9 Å². The molecule has 0 fully saturated rings. The van der Waals surface area contributed by atoms with Crippen molar-refractivity contribution in [1.82, 2.24) is 18.7 Å². The molecule has 2 aromatic carbocycles. The lowest BCUT2D eigenvalue weighted by Gasteiger charge is -2.35. The number of nitrogens with zero attached hydrogens (tertiary/aromatic N) is 4. The molecule has 0 aliphatic carbocycles. The smallest absolute Gasteiger partial charge is 0.236 e. The minimum absolute atomic E-state index is 0.346. The first-order valence-corrected chi connectivity index (χ1v) is 12.0. The predicted octanol–water partition coefficient (Wildman–Crippen LogP) is 4.28. The maximum absolute atomic E-state index is 12.2. The van der Waals surface area contributed by atoms with Crippen molar-refractivity contribution < 1.29 is 8.42 Å². The molecule has 2 aromatic heterocycles. The van der Waals surface area contributed by atoms with Crippen LogP contribution >= 0.6 is 0 Å². The Kier molecular flexibility index (Phi) is 3.96. The van der Waals surface area contributed by atoms with Crippen molar-refractivity contribution in [3.8, 4) is 16.8 Å². The SMILES string of the molecule is Cc1cc2c(c(C)c1-c1cccc3c1ccn3S(C)(=O)=O)-n1c(C)nnc1C(C)(C)N2. The van der Waals surface area contributed by atoms with Gasteiger partial charge in [0.1, 0.15) is 5.82 Å². The van der Waals surface area contributed by atoms with Gasteiger partial charge in [-0.05, 0) is 75.1 Å². The summed E-state index contributed by atoms with van der Waals surface area (Å²) in [7, 11) is -3.38. The zero-order chi connectivity index (χ0) is 22.3. The molecule has 0 amide bonds. The quantitative estimate of drug-likeness (QED) is 0.508. The molecule has 0 unspecified atom stereocenters. The van der Waals surface area contributed by atoms with E-state index in [1.807, 2.05) is 25.1 Å². The Bertz CT molecular complexity index is 1490. The van der Waals surface area contributed by atoms with E-state index in [1.54, 1.807) is 6.20 Å². The van der Waals surface area contributed by atoms with E-state index in [4.69, 9.17) is 0 Å². The van der Waals surface area contributed by atoms with Gasteiger partial charge in [0.2, 0.25) is 10.0 Å². The van der Waals surface area contributed by atoms with Gasteiger partial charge < -0.3 is 5.32 Å². The number of aromatic nitrogens is 4. The summed E-state index contributed by atoms with van der Waals surface area (Å²) < 4.78 is 27.9. The first-order valence-electron chi connectivity index (χ1n) is 10.2.